The zero-order valence-corrected chi connectivity index (χ0v) is 10.7. The van der Waals surface area contributed by atoms with Gasteiger partial charge in [-0.1, -0.05) is 18.2 Å². The summed E-state index contributed by atoms with van der Waals surface area (Å²) in [4.78, 5) is 14.9. The van der Waals surface area contributed by atoms with Gasteiger partial charge >= 0.3 is 0 Å². The number of piperazine rings is 1. The number of nitro groups is 1. The summed E-state index contributed by atoms with van der Waals surface area (Å²) in [7, 11) is 0. The Hall–Kier alpha value is -1.97. The molecule has 6 heteroatoms. The monoisotopic (exact) mass is 260 g/mol. The number of para-hydroxylation sites is 1. The van der Waals surface area contributed by atoms with E-state index in [-0.39, 0.29) is 10.6 Å². The number of hydrogen-bond donors (Lipinski definition) is 0. The van der Waals surface area contributed by atoms with Crippen molar-refractivity contribution in [1.29, 1.82) is 5.26 Å². The highest BCUT2D eigenvalue weighted by Crippen LogP contribution is 2.20. The lowest BCUT2D eigenvalue weighted by molar-refractivity contribution is -0.385. The predicted octanol–water partition coefficient (Wildman–Crippen LogP) is 1.24. The summed E-state index contributed by atoms with van der Waals surface area (Å²) in [5, 5.41) is 19.6. The molecule has 6 nitrogen and oxygen atoms in total. The van der Waals surface area contributed by atoms with Gasteiger partial charge in [0.05, 0.1) is 17.5 Å². The molecule has 1 heterocycles. The van der Waals surface area contributed by atoms with Crippen LogP contribution in [0, 0.1) is 21.4 Å². The molecular weight excluding hydrogens is 244 g/mol. The van der Waals surface area contributed by atoms with Crippen molar-refractivity contribution in [1.82, 2.24) is 9.80 Å². The minimum absolute atomic E-state index is 0.182. The van der Waals surface area contributed by atoms with Crippen LogP contribution in [0.4, 0.5) is 5.69 Å². The maximum Gasteiger partial charge on any atom is 0.273 e. The summed E-state index contributed by atoms with van der Waals surface area (Å²) in [6.07, 6.45) is 0. The Morgan fingerprint density at radius 1 is 1.21 bits per heavy atom. The molecule has 0 atom stereocenters. The Bertz CT molecular complexity index is 490. The molecule has 1 aromatic carbocycles. The Morgan fingerprint density at radius 3 is 2.47 bits per heavy atom. The first-order chi connectivity index (χ1) is 9.20. The van der Waals surface area contributed by atoms with Gasteiger partial charge in [-0.2, -0.15) is 5.26 Å². The summed E-state index contributed by atoms with van der Waals surface area (Å²) in [5.41, 5.74) is 0.934. The molecule has 19 heavy (non-hydrogen) atoms. The van der Waals surface area contributed by atoms with Gasteiger partial charge < -0.3 is 0 Å². The zero-order chi connectivity index (χ0) is 13.7. The van der Waals surface area contributed by atoms with Crippen LogP contribution in [0.25, 0.3) is 0 Å². The molecule has 0 aliphatic carbocycles. The molecule has 0 amide bonds. The second-order valence-electron chi connectivity index (χ2n) is 4.60. The van der Waals surface area contributed by atoms with Crippen molar-refractivity contribution < 1.29 is 4.92 Å². The third kappa shape index (κ3) is 3.50. The van der Waals surface area contributed by atoms with Crippen molar-refractivity contribution in [3.63, 3.8) is 0 Å². The second-order valence-corrected chi connectivity index (χ2v) is 4.60. The van der Waals surface area contributed by atoms with Crippen molar-refractivity contribution in [3.05, 3.63) is 39.9 Å². The van der Waals surface area contributed by atoms with Crippen LogP contribution >= 0.6 is 0 Å². The van der Waals surface area contributed by atoms with Gasteiger partial charge in [-0.3, -0.25) is 19.9 Å². The quantitative estimate of drug-likeness (QED) is 0.462. The molecule has 2 rings (SSSR count). The normalized spacial score (nSPS) is 17.0. The topological polar surface area (TPSA) is 73.4 Å². The van der Waals surface area contributed by atoms with Gasteiger partial charge in [0.15, 0.2) is 0 Å². The summed E-state index contributed by atoms with van der Waals surface area (Å²) in [5.74, 6) is 0. The van der Waals surface area contributed by atoms with Gasteiger partial charge in [0.25, 0.3) is 5.69 Å². The molecule has 0 bridgehead atoms. The lowest BCUT2D eigenvalue weighted by Gasteiger charge is -2.33. The van der Waals surface area contributed by atoms with Crippen molar-refractivity contribution >= 4 is 5.69 Å². The third-order valence-electron chi connectivity index (χ3n) is 3.34. The highest BCUT2D eigenvalue weighted by Gasteiger charge is 2.20. The molecule has 1 aliphatic heterocycles. The first-order valence-electron chi connectivity index (χ1n) is 6.24. The number of hydrogen-bond acceptors (Lipinski definition) is 5. The van der Waals surface area contributed by atoms with Crippen molar-refractivity contribution in [2.24, 2.45) is 0 Å². The van der Waals surface area contributed by atoms with Gasteiger partial charge in [0, 0.05) is 44.4 Å². The van der Waals surface area contributed by atoms with Crippen molar-refractivity contribution in [2.75, 3.05) is 32.7 Å². The molecule has 0 spiro atoms. The van der Waals surface area contributed by atoms with Gasteiger partial charge in [-0.25, -0.2) is 0 Å². The Morgan fingerprint density at radius 2 is 1.84 bits per heavy atom. The van der Waals surface area contributed by atoms with Crippen LogP contribution in [-0.2, 0) is 6.54 Å². The molecule has 1 fully saturated rings. The fourth-order valence-electron chi connectivity index (χ4n) is 2.27. The van der Waals surface area contributed by atoms with E-state index in [2.05, 4.69) is 15.9 Å². The molecule has 1 saturated heterocycles. The van der Waals surface area contributed by atoms with E-state index < -0.39 is 0 Å². The standard InChI is InChI=1S/C13H16N4O2/c14-5-6-15-7-9-16(10-8-15)11-12-3-1-2-4-13(12)17(18)19/h1-4H,6-11H2. The first kappa shape index (κ1) is 13.5. The molecular formula is C13H16N4O2. The molecule has 0 saturated carbocycles. The first-order valence-corrected chi connectivity index (χ1v) is 6.24. The molecule has 0 radical (unpaired) electrons. The van der Waals surface area contributed by atoms with Crippen LogP contribution in [0.2, 0.25) is 0 Å². The van der Waals surface area contributed by atoms with E-state index in [1.54, 1.807) is 18.2 Å². The van der Waals surface area contributed by atoms with Crippen LogP contribution in [0.3, 0.4) is 0 Å². The van der Waals surface area contributed by atoms with E-state index in [4.69, 9.17) is 5.26 Å². The highest BCUT2D eigenvalue weighted by atomic mass is 16.6. The number of nitrogens with zero attached hydrogens (tertiary/aromatic N) is 4. The van der Waals surface area contributed by atoms with Crippen LogP contribution in [-0.4, -0.2) is 47.4 Å². The zero-order valence-electron chi connectivity index (χ0n) is 10.7. The van der Waals surface area contributed by atoms with Crippen LogP contribution in [0.15, 0.2) is 24.3 Å². The Balaban J connectivity index is 1.96. The SMILES string of the molecule is N#CCN1CCN(Cc2ccccc2[N+](=O)[O-])CC1. The summed E-state index contributed by atoms with van der Waals surface area (Å²) >= 11 is 0. The molecule has 100 valence electrons. The van der Waals surface area contributed by atoms with Gasteiger partial charge in [0.1, 0.15) is 0 Å². The summed E-state index contributed by atoms with van der Waals surface area (Å²) < 4.78 is 0. The van der Waals surface area contributed by atoms with Gasteiger partial charge in [-0.05, 0) is 0 Å². The molecule has 0 unspecified atom stereocenters. The fraction of sp³-hybridized carbons (Fsp3) is 0.462. The number of nitriles is 1. The van der Waals surface area contributed by atoms with Crippen molar-refractivity contribution in [2.45, 2.75) is 6.54 Å². The molecule has 1 aliphatic rings. The number of rotatable bonds is 4. The third-order valence-corrected chi connectivity index (χ3v) is 3.34. The minimum atomic E-state index is -0.332. The summed E-state index contributed by atoms with van der Waals surface area (Å²) in [6.45, 7) is 4.42. The predicted molar refractivity (Wildman–Crippen MR) is 70.4 cm³/mol. The van der Waals surface area contributed by atoms with E-state index in [0.29, 0.717) is 13.1 Å². The van der Waals surface area contributed by atoms with Gasteiger partial charge in [-0.15, -0.1) is 0 Å². The Kier molecular flexibility index (Phi) is 4.44. The average molecular weight is 260 g/mol. The van der Waals surface area contributed by atoms with E-state index in [1.807, 2.05) is 6.07 Å². The molecule has 1 aromatic rings. The van der Waals surface area contributed by atoms with Crippen LogP contribution < -0.4 is 0 Å². The van der Waals surface area contributed by atoms with E-state index in [9.17, 15) is 10.1 Å². The Labute approximate surface area is 112 Å². The maximum atomic E-state index is 10.9. The highest BCUT2D eigenvalue weighted by molar-refractivity contribution is 5.39. The van der Waals surface area contributed by atoms with Crippen molar-refractivity contribution in [3.8, 4) is 6.07 Å². The average Bonchev–Trinajstić information content (AvgIpc) is 2.42. The second kappa shape index (κ2) is 6.27. The van der Waals surface area contributed by atoms with Crippen LogP contribution in [0.1, 0.15) is 5.56 Å². The summed E-state index contributed by atoms with van der Waals surface area (Å²) in [6, 6.07) is 9.01. The lowest BCUT2D eigenvalue weighted by atomic mass is 10.1. The molecule has 0 N–H and O–H groups in total. The van der Waals surface area contributed by atoms with Gasteiger partial charge in [0.2, 0.25) is 0 Å². The van der Waals surface area contributed by atoms with E-state index >= 15 is 0 Å². The number of benzene rings is 1. The number of nitro benzene ring substituents is 1. The lowest BCUT2D eigenvalue weighted by Crippen LogP contribution is -2.45. The largest absolute Gasteiger partial charge is 0.296 e. The van der Waals surface area contributed by atoms with E-state index in [1.165, 1.54) is 0 Å². The molecule has 0 aromatic heterocycles. The van der Waals surface area contributed by atoms with Crippen LogP contribution in [0.5, 0.6) is 0 Å². The van der Waals surface area contributed by atoms with E-state index in [0.717, 1.165) is 31.7 Å². The fourth-order valence-corrected chi connectivity index (χ4v) is 2.27. The smallest absolute Gasteiger partial charge is 0.273 e. The maximum absolute atomic E-state index is 10.9. The minimum Gasteiger partial charge on any atom is -0.296 e.